The monoisotopic (exact) mass is 268 g/mol. The fourth-order valence-corrected chi connectivity index (χ4v) is 1.33. The first-order chi connectivity index (χ1) is 6.29. The van der Waals surface area contributed by atoms with E-state index in [4.69, 9.17) is 0 Å². The van der Waals surface area contributed by atoms with Gasteiger partial charge in [-0.15, -0.1) is 13.2 Å². The van der Waals surface area contributed by atoms with Crippen LogP contribution in [0.3, 0.4) is 0 Å². The molecule has 0 N–H and O–H groups in total. The zero-order valence-corrected chi connectivity index (χ0v) is 9.16. The van der Waals surface area contributed by atoms with Gasteiger partial charge in [0.05, 0.1) is 0 Å². The van der Waals surface area contributed by atoms with Crippen LogP contribution in [0.2, 0.25) is 0 Å². The Balaban J connectivity index is 3.02. The van der Waals surface area contributed by atoms with Crippen LogP contribution in [0.5, 0.6) is 5.75 Å². The molecule has 0 unspecified atom stereocenters. The molecule has 0 aromatic heterocycles. The molecule has 0 spiro atoms. The molecule has 0 bridgehead atoms. The third-order valence-corrected chi connectivity index (χ3v) is 2.89. The van der Waals surface area contributed by atoms with E-state index in [1.165, 1.54) is 12.1 Å². The Hall–Kier alpha value is -0.710. The number of aryl methyl sites for hydroxylation is 2. The van der Waals surface area contributed by atoms with E-state index in [0.717, 1.165) is 4.47 Å². The molecular weight excluding hydrogens is 261 g/mol. The summed E-state index contributed by atoms with van der Waals surface area (Å²) in [5, 5.41) is 0. The fraction of sp³-hybridized carbons (Fsp3) is 0.333. The first-order valence-corrected chi connectivity index (χ1v) is 4.61. The van der Waals surface area contributed by atoms with E-state index in [1.807, 2.05) is 0 Å². The molecular formula is C9H8BrF3O. The van der Waals surface area contributed by atoms with Crippen LogP contribution in [0, 0.1) is 13.8 Å². The fourth-order valence-electron chi connectivity index (χ4n) is 1.10. The summed E-state index contributed by atoms with van der Waals surface area (Å²) in [5.74, 6) is -0.185. The molecule has 1 aromatic rings. The van der Waals surface area contributed by atoms with Crippen molar-refractivity contribution in [2.75, 3.05) is 0 Å². The normalized spacial score (nSPS) is 11.6. The molecule has 1 nitrogen and oxygen atoms in total. The van der Waals surface area contributed by atoms with Gasteiger partial charge in [-0.25, -0.2) is 0 Å². The molecule has 1 aromatic carbocycles. The minimum Gasteiger partial charge on any atom is -0.406 e. The Kier molecular flexibility index (Phi) is 3.09. The zero-order chi connectivity index (χ0) is 10.9. The van der Waals surface area contributed by atoms with Gasteiger partial charge in [-0.05, 0) is 37.1 Å². The molecule has 0 atom stereocenters. The standard InChI is InChI=1S/C9H8BrF3O/c1-5-3-7(14-9(11,12)13)4-6(2)8(5)10/h3-4H,1-2H3. The van der Waals surface area contributed by atoms with Gasteiger partial charge in [-0.2, -0.15) is 0 Å². The van der Waals surface area contributed by atoms with E-state index in [0.29, 0.717) is 11.1 Å². The maximum atomic E-state index is 11.9. The van der Waals surface area contributed by atoms with Crippen LogP contribution in [-0.2, 0) is 0 Å². The number of ether oxygens (including phenoxy) is 1. The van der Waals surface area contributed by atoms with Crippen LogP contribution in [0.15, 0.2) is 16.6 Å². The lowest BCUT2D eigenvalue weighted by molar-refractivity contribution is -0.274. The van der Waals surface area contributed by atoms with Crippen LogP contribution in [0.4, 0.5) is 13.2 Å². The molecule has 78 valence electrons. The average Bonchev–Trinajstić information content (AvgIpc) is 1.96. The maximum Gasteiger partial charge on any atom is 0.573 e. The van der Waals surface area contributed by atoms with Gasteiger partial charge >= 0.3 is 6.36 Å². The van der Waals surface area contributed by atoms with Gasteiger partial charge in [0.25, 0.3) is 0 Å². The third-order valence-electron chi connectivity index (χ3n) is 1.64. The lowest BCUT2D eigenvalue weighted by Crippen LogP contribution is -2.17. The van der Waals surface area contributed by atoms with Gasteiger partial charge in [0.15, 0.2) is 0 Å². The quantitative estimate of drug-likeness (QED) is 0.749. The first-order valence-electron chi connectivity index (χ1n) is 3.82. The highest BCUT2D eigenvalue weighted by molar-refractivity contribution is 9.10. The van der Waals surface area contributed by atoms with Crippen molar-refractivity contribution in [3.8, 4) is 5.75 Å². The first kappa shape index (κ1) is 11.4. The van der Waals surface area contributed by atoms with Gasteiger partial charge in [0.1, 0.15) is 5.75 Å². The van der Waals surface area contributed by atoms with Crippen molar-refractivity contribution < 1.29 is 17.9 Å². The van der Waals surface area contributed by atoms with Crippen molar-refractivity contribution >= 4 is 15.9 Å². The van der Waals surface area contributed by atoms with E-state index in [1.54, 1.807) is 13.8 Å². The van der Waals surface area contributed by atoms with Gasteiger partial charge in [-0.1, -0.05) is 15.9 Å². The van der Waals surface area contributed by atoms with Crippen molar-refractivity contribution in [2.24, 2.45) is 0 Å². The van der Waals surface area contributed by atoms with Gasteiger partial charge in [-0.3, -0.25) is 0 Å². The van der Waals surface area contributed by atoms with Crippen molar-refractivity contribution in [1.29, 1.82) is 0 Å². The largest absolute Gasteiger partial charge is 0.573 e. The summed E-state index contributed by atoms with van der Waals surface area (Å²) < 4.78 is 40.2. The van der Waals surface area contributed by atoms with E-state index in [-0.39, 0.29) is 5.75 Å². The Labute approximate surface area is 88.0 Å². The van der Waals surface area contributed by atoms with Crippen molar-refractivity contribution in [3.63, 3.8) is 0 Å². The van der Waals surface area contributed by atoms with E-state index < -0.39 is 6.36 Å². The second-order valence-electron chi connectivity index (χ2n) is 2.92. The van der Waals surface area contributed by atoms with Crippen LogP contribution < -0.4 is 4.74 Å². The maximum absolute atomic E-state index is 11.9. The predicted molar refractivity (Wildman–Crippen MR) is 50.3 cm³/mol. The highest BCUT2D eigenvalue weighted by Crippen LogP contribution is 2.29. The molecule has 0 aliphatic carbocycles. The molecule has 5 heteroatoms. The molecule has 0 saturated heterocycles. The topological polar surface area (TPSA) is 9.23 Å². The number of rotatable bonds is 1. The van der Waals surface area contributed by atoms with Gasteiger partial charge in [0, 0.05) is 4.47 Å². The number of alkyl halides is 3. The van der Waals surface area contributed by atoms with Crippen molar-refractivity contribution in [1.82, 2.24) is 0 Å². The smallest absolute Gasteiger partial charge is 0.406 e. The molecule has 0 heterocycles. The second kappa shape index (κ2) is 3.81. The van der Waals surface area contributed by atoms with Crippen molar-refractivity contribution in [3.05, 3.63) is 27.7 Å². The molecule has 0 aliphatic rings. The Bertz CT molecular complexity index is 323. The van der Waals surface area contributed by atoms with Gasteiger partial charge < -0.3 is 4.74 Å². The van der Waals surface area contributed by atoms with Crippen LogP contribution >= 0.6 is 15.9 Å². The minimum absolute atomic E-state index is 0.185. The van der Waals surface area contributed by atoms with Crippen LogP contribution in [-0.4, -0.2) is 6.36 Å². The summed E-state index contributed by atoms with van der Waals surface area (Å²) in [5.41, 5.74) is 1.42. The highest BCUT2D eigenvalue weighted by Gasteiger charge is 2.31. The SMILES string of the molecule is Cc1cc(OC(F)(F)F)cc(C)c1Br. The van der Waals surface area contributed by atoms with Crippen LogP contribution in [0.1, 0.15) is 11.1 Å². The summed E-state index contributed by atoms with van der Waals surface area (Å²) in [6, 6.07) is 2.68. The molecule has 0 aliphatic heterocycles. The molecule has 0 saturated carbocycles. The molecule has 0 radical (unpaired) electrons. The summed E-state index contributed by atoms with van der Waals surface area (Å²) in [4.78, 5) is 0. The van der Waals surface area contributed by atoms with Crippen LogP contribution in [0.25, 0.3) is 0 Å². The molecule has 1 rings (SSSR count). The van der Waals surface area contributed by atoms with Gasteiger partial charge in [0.2, 0.25) is 0 Å². The predicted octanol–water partition coefficient (Wildman–Crippen LogP) is 3.96. The summed E-state index contributed by atoms with van der Waals surface area (Å²) in [6.07, 6.45) is -4.63. The number of hydrogen-bond donors (Lipinski definition) is 0. The van der Waals surface area contributed by atoms with E-state index in [2.05, 4.69) is 20.7 Å². The number of hydrogen-bond acceptors (Lipinski definition) is 1. The van der Waals surface area contributed by atoms with Crippen molar-refractivity contribution in [2.45, 2.75) is 20.2 Å². The number of halogens is 4. The Morgan fingerprint density at radius 1 is 1.14 bits per heavy atom. The average molecular weight is 269 g/mol. The molecule has 0 fully saturated rings. The van der Waals surface area contributed by atoms with E-state index >= 15 is 0 Å². The molecule has 0 amide bonds. The Morgan fingerprint density at radius 3 is 1.93 bits per heavy atom. The lowest BCUT2D eigenvalue weighted by atomic mass is 10.1. The second-order valence-corrected chi connectivity index (χ2v) is 3.71. The summed E-state index contributed by atoms with van der Waals surface area (Å²) in [6.45, 7) is 3.42. The third kappa shape index (κ3) is 2.90. The summed E-state index contributed by atoms with van der Waals surface area (Å²) in [7, 11) is 0. The number of benzene rings is 1. The Morgan fingerprint density at radius 2 is 1.57 bits per heavy atom. The summed E-state index contributed by atoms with van der Waals surface area (Å²) >= 11 is 3.26. The lowest BCUT2D eigenvalue weighted by Gasteiger charge is -2.11. The zero-order valence-electron chi connectivity index (χ0n) is 7.57. The molecule has 14 heavy (non-hydrogen) atoms. The van der Waals surface area contributed by atoms with E-state index in [9.17, 15) is 13.2 Å². The highest BCUT2D eigenvalue weighted by atomic mass is 79.9. The minimum atomic E-state index is -4.63.